The van der Waals surface area contributed by atoms with Crippen molar-refractivity contribution in [2.24, 2.45) is 0 Å². The smallest absolute Gasteiger partial charge is 0.0972 e. The van der Waals surface area contributed by atoms with Gasteiger partial charge in [-0.15, -0.1) is 11.3 Å². The van der Waals surface area contributed by atoms with Crippen molar-refractivity contribution >= 4 is 23.1 Å². The lowest BCUT2D eigenvalue weighted by molar-refractivity contribution is 1.09. The summed E-state index contributed by atoms with van der Waals surface area (Å²) in [5, 5.41) is 3.41. The number of nitrogens with zero attached hydrogens (tertiary/aromatic N) is 1. The number of aromatic nitrogens is 1. The molecule has 0 N–H and O–H groups in total. The second-order valence-electron chi connectivity index (χ2n) is 5.87. The van der Waals surface area contributed by atoms with E-state index in [0.717, 1.165) is 17.9 Å². The summed E-state index contributed by atoms with van der Waals surface area (Å²) in [6, 6.07) is 17.5. The number of hydrogen-bond donors (Lipinski definition) is 0. The van der Waals surface area contributed by atoms with Crippen LogP contribution >= 0.6 is 23.1 Å². The topological polar surface area (TPSA) is 12.9 Å². The zero-order chi connectivity index (χ0) is 16.1. The van der Waals surface area contributed by atoms with Crippen molar-refractivity contribution in [3.8, 4) is 0 Å². The third-order valence-electron chi connectivity index (χ3n) is 3.71. The van der Waals surface area contributed by atoms with E-state index in [1.807, 2.05) is 11.8 Å². The Balaban J connectivity index is 1.51. The highest BCUT2D eigenvalue weighted by Crippen LogP contribution is 2.21. The third-order valence-corrected chi connectivity index (χ3v) is 5.65. The first-order valence-corrected chi connectivity index (χ1v) is 9.84. The summed E-state index contributed by atoms with van der Waals surface area (Å²) in [5.74, 6) is 2.03. The summed E-state index contributed by atoms with van der Waals surface area (Å²) < 4.78 is 0. The molecule has 0 amide bonds. The zero-order valence-electron chi connectivity index (χ0n) is 13.6. The Bertz CT molecular complexity index is 742. The minimum atomic E-state index is 0.938. The monoisotopic (exact) mass is 339 g/mol. The van der Waals surface area contributed by atoms with Crippen LogP contribution < -0.4 is 0 Å². The zero-order valence-corrected chi connectivity index (χ0v) is 15.2. The molecule has 0 radical (unpaired) electrons. The molecule has 118 valence electrons. The SMILES string of the molecule is Cc1ccc(CSCc2csc(Cc3ccc(C)cc3)n2)cc1. The fourth-order valence-electron chi connectivity index (χ4n) is 2.33. The van der Waals surface area contributed by atoms with Crippen LogP contribution in [0.4, 0.5) is 0 Å². The molecule has 0 saturated carbocycles. The molecule has 0 bridgehead atoms. The van der Waals surface area contributed by atoms with E-state index in [1.54, 1.807) is 11.3 Å². The van der Waals surface area contributed by atoms with Crippen LogP contribution in [0.15, 0.2) is 53.9 Å². The van der Waals surface area contributed by atoms with Gasteiger partial charge in [0.1, 0.15) is 0 Å². The normalized spacial score (nSPS) is 10.9. The molecule has 0 fully saturated rings. The van der Waals surface area contributed by atoms with Crippen LogP contribution in [-0.4, -0.2) is 4.98 Å². The van der Waals surface area contributed by atoms with E-state index in [-0.39, 0.29) is 0 Å². The lowest BCUT2D eigenvalue weighted by Gasteiger charge is -2.01. The van der Waals surface area contributed by atoms with Gasteiger partial charge in [0, 0.05) is 23.3 Å². The molecule has 1 heterocycles. The second-order valence-corrected chi connectivity index (χ2v) is 7.80. The van der Waals surface area contributed by atoms with Gasteiger partial charge in [-0.25, -0.2) is 4.98 Å². The first-order valence-electron chi connectivity index (χ1n) is 7.81. The van der Waals surface area contributed by atoms with Gasteiger partial charge in [-0.2, -0.15) is 11.8 Å². The van der Waals surface area contributed by atoms with Gasteiger partial charge < -0.3 is 0 Å². The van der Waals surface area contributed by atoms with Crippen LogP contribution in [0.1, 0.15) is 33.0 Å². The summed E-state index contributed by atoms with van der Waals surface area (Å²) in [6.07, 6.45) is 0.938. The van der Waals surface area contributed by atoms with Crippen LogP contribution in [0.5, 0.6) is 0 Å². The lowest BCUT2D eigenvalue weighted by atomic mass is 10.1. The Kier molecular flexibility index (Phi) is 5.52. The van der Waals surface area contributed by atoms with Gasteiger partial charge in [0.2, 0.25) is 0 Å². The number of hydrogen-bond acceptors (Lipinski definition) is 3. The molecule has 0 aliphatic heterocycles. The van der Waals surface area contributed by atoms with Gasteiger partial charge in [0.25, 0.3) is 0 Å². The van der Waals surface area contributed by atoms with Crippen LogP contribution in [0.25, 0.3) is 0 Å². The molecule has 3 heteroatoms. The molecule has 0 unspecified atom stereocenters. The molecule has 0 atom stereocenters. The van der Waals surface area contributed by atoms with Crippen molar-refractivity contribution in [1.29, 1.82) is 0 Å². The van der Waals surface area contributed by atoms with Crippen molar-refractivity contribution in [1.82, 2.24) is 4.98 Å². The van der Waals surface area contributed by atoms with E-state index in [0.29, 0.717) is 0 Å². The molecule has 2 aromatic carbocycles. The highest BCUT2D eigenvalue weighted by molar-refractivity contribution is 7.97. The molecule has 1 aromatic heterocycles. The average Bonchev–Trinajstić information content (AvgIpc) is 2.99. The van der Waals surface area contributed by atoms with Crippen LogP contribution in [0.2, 0.25) is 0 Å². The summed E-state index contributed by atoms with van der Waals surface area (Å²) in [4.78, 5) is 4.77. The Labute approximate surface area is 146 Å². The molecule has 1 nitrogen and oxygen atoms in total. The molecule has 0 saturated heterocycles. The van der Waals surface area contributed by atoms with E-state index in [2.05, 4.69) is 67.8 Å². The fourth-order valence-corrected chi connectivity index (χ4v) is 4.16. The molecule has 0 aliphatic rings. The lowest BCUT2D eigenvalue weighted by Crippen LogP contribution is -1.89. The average molecular weight is 340 g/mol. The maximum Gasteiger partial charge on any atom is 0.0972 e. The van der Waals surface area contributed by atoms with Crippen molar-refractivity contribution < 1.29 is 0 Å². The minimum absolute atomic E-state index is 0.938. The Hall–Kier alpha value is -1.58. The van der Waals surface area contributed by atoms with Crippen LogP contribution in [0, 0.1) is 13.8 Å². The Morgan fingerprint density at radius 1 is 0.826 bits per heavy atom. The maximum absolute atomic E-state index is 4.77. The van der Waals surface area contributed by atoms with E-state index < -0.39 is 0 Å². The molecular formula is C20H21NS2. The molecule has 3 aromatic rings. The summed E-state index contributed by atoms with van der Waals surface area (Å²) >= 11 is 3.70. The van der Waals surface area contributed by atoms with Crippen LogP contribution in [-0.2, 0) is 17.9 Å². The molecule has 0 spiro atoms. The van der Waals surface area contributed by atoms with Gasteiger partial charge in [-0.05, 0) is 25.0 Å². The third kappa shape index (κ3) is 4.95. The molecule has 0 aliphatic carbocycles. The van der Waals surface area contributed by atoms with Gasteiger partial charge in [-0.1, -0.05) is 59.7 Å². The fraction of sp³-hybridized carbons (Fsp3) is 0.250. The molecule has 23 heavy (non-hydrogen) atoms. The Morgan fingerprint density at radius 2 is 1.43 bits per heavy atom. The number of rotatable bonds is 6. The number of benzene rings is 2. The van der Waals surface area contributed by atoms with Crippen molar-refractivity contribution in [3.05, 3.63) is 86.9 Å². The first-order chi connectivity index (χ1) is 11.2. The Morgan fingerprint density at radius 3 is 2.09 bits per heavy atom. The van der Waals surface area contributed by atoms with E-state index in [1.165, 1.54) is 33.0 Å². The van der Waals surface area contributed by atoms with Gasteiger partial charge in [-0.3, -0.25) is 0 Å². The van der Waals surface area contributed by atoms with E-state index in [9.17, 15) is 0 Å². The minimum Gasteiger partial charge on any atom is -0.245 e. The maximum atomic E-state index is 4.77. The van der Waals surface area contributed by atoms with Crippen molar-refractivity contribution in [3.63, 3.8) is 0 Å². The molecular weight excluding hydrogens is 318 g/mol. The number of thiazole rings is 1. The van der Waals surface area contributed by atoms with Crippen molar-refractivity contribution in [2.45, 2.75) is 31.8 Å². The number of aryl methyl sites for hydroxylation is 2. The summed E-state index contributed by atoms with van der Waals surface area (Å²) in [5.41, 5.74) is 6.55. The first kappa shape index (κ1) is 16.3. The second kappa shape index (κ2) is 7.80. The van der Waals surface area contributed by atoms with Gasteiger partial charge in [0.05, 0.1) is 10.7 Å². The van der Waals surface area contributed by atoms with Crippen molar-refractivity contribution in [2.75, 3.05) is 0 Å². The predicted molar refractivity (Wildman–Crippen MR) is 102 cm³/mol. The number of thioether (sulfide) groups is 1. The van der Waals surface area contributed by atoms with Gasteiger partial charge in [0.15, 0.2) is 0 Å². The van der Waals surface area contributed by atoms with E-state index in [4.69, 9.17) is 4.98 Å². The van der Waals surface area contributed by atoms with Crippen LogP contribution in [0.3, 0.4) is 0 Å². The predicted octanol–water partition coefficient (Wildman–Crippen LogP) is 5.78. The highest BCUT2D eigenvalue weighted by Gasteiger charge is 2.04. The summed E-state index contributed by atoms with van der Waals surface area (Å²) in [6.45, 7) is 4.25. The quantitative estimate of drug-likeness (QED) is 0.564. The van der Waals surface area contributed by atoms with Gasteiger partial charge >= 0.3 is 0 Å². The highest BCUT2D eigenvalue weighted by atomic mass is 32.2. The standard InChI is InChI=1S/C20H21NS2/c1-15-3-7-17(8-4-15)11-20-21-19(14-23-20)13-22-12-18-9-5-16(2)6-10-18/h3-10,14H,11-13H2,1-2H3. The molecule has 3 rings (SSSR count). The summed E-state index contributed by atoms with van der Waals surface area (Å²) in [7, 11) is 0. The largest absolute Gasteiger partial charge is 0.245 e. The van der Waals surface area contributed by atoms with E-state index >= 15 is 0 Å².